The van der Waals surface area contributed by atoms with Crippen LogP contribution in [0.2, 0.25) is 0 Å². The number of ether oxygens (including phenoxy) is 1. The van der Waals surface area contributed by atoms with Crippen molar-refractivity contribution in [3.05, 3.63) is 0 Å². The van der Waals surface area contributed by atoms with E-state index in [1.165, 1.54) is 0 Å². The first kappa shape index (κ1) is 105. The lowest BCUT2D eigenvalue weighted by Crippen LogP contribution is -2.40. The molecule has 0 saturated heterocycles. The SMILES string of the molecule is CC(C)(C)OC(=O)S(=S)S(=S)(=S)S(=S)(=S)S(=S)(=S)S(=S)(=S)S(=S)(=S)S(=S)(=S)S(=S)(=S)S(=S)(=S)S(=S)(=S)S(=S)(=S)S(=S)(=S)S(=S)(=S)S(=S)(=S)S(=S)(=S)S(=S)(=S)S(=S)(=S)S(=S)(=S)S(=S)(=S)S(=S)(=S)S(=S)(=S)S(=S)(=S)S(=S)(=S)S(=S)(=S)S(=S)(=S)S(F)(=S)=S. The van der Waals surface area contributed by atoms with Gasteiger partial charge in [-0.15, -0.1) is 3.89 Å². The molecule has 510 valence electrons. The van der Waals surface area contributed by atoms with Crippen molar-refractivity contribution in [2.75, 3.05) is 0 Å². The summed E-state index contributed by atoms with van der Waals surface area (Å²) in [6.45, 7) is 0.511. The quantitative estimate of drug-likeness (QED) is 0.0755. The van der Waals surface area contributed by atoms with E-state index in [1.807, 2.05) is 0 Å². The minimum absolute atomic E-state index is 0.986. The van der Waals surface area contributed by atoms with Gasteiger partial charge in [0, 0.05) is 120 Å². The third-order valence-corrected chi connectivity index (χ3v) is 493. The fraction of sp³-hybridized carbons (Fsp3) is 0.800. The zero-order chi connectivity index (χ0) is 70.9. The van der Waals surface area contributed by atoms with Gasteiger partial charge in [-0.3, -0.25) is 0 Å². The Morgan fingerprint density at radius 1 is 0.247 bits per heavy atom. The van der Waals surface area contributed by atoms with Crippen LogP contribution in [0, 0.1) is 0 Å². The smallest absolute Gasteiger partial charge is 0.383 e. The average Bonchev–Trinajstić information content (AvgIpc) is 3.25. The lowest BCUT2D eigenvalue weighted by molar-refractivity contribution is 0.0738. The van der Waals surface area contributed by atoms with Crippen LogP contribution in [0.15, 0.2) is 0 Å². The molecule has 0 aliphatic rings. The molecule has 85 heavy (non-hydrogen) atoms. The molecule has 0 aromatic heterocycles. The second kappa shape index (κ2) is 32.8. The van der Waals surface area contributed by atoms with E-state index >= 15 is 3.89 Å². The molecule has 0 amide bonds. The summed E-state index contributed by atoms with van der Waals surface area (Å²) in [6.07, 6.45) is 0. The Balaban J connectivity index is 8.63. The van der Waals surface area contributed by atoms with Crippen LogP contribution < -0.4 is 0 Å². The second-order valence-corrected chi connectivity index (χ2v) is 278. The van der Waals surface area contributed by atoms with E-state index in [2.05, 4.69) is 0 Å². The van der Waals surface area contributed by atoms with Gasteiger partial charge in [-0.2, -0.15) is 0 Å². The maximum Gasteiger partial charge on any atom is 0.383 e. The monoisotopic (exact) mass is 2580 g/mol. The summed E-state index contributed by atoms with van der Waals surface area (Å²) in [6, 6.07) is 0. The first-order chi connectivity index (χ1) is 35.5. The van der Waals surface area contributed by atoms with Crippen molar-refractivity contribution in [3.63, 3.8) is 0 Å². The molecule has 2 nitrogen and oxygen atoms in total. The van der Waals surface area contributed by atoms with Crippen LogP contribution in [-0.4, -0.2) is 10.9 Å². The fourth-order valence-electron chi connectivity index (χ4n) is 2.79. The highest BCUT2D eigenvalue weighted by atomic mass is 34.5. The summed E-state index contributed by atoms with van der Waals surface area (Å²) >= 11 is 304. The average molecular weight is 2590 g/mol. The number of hydrogen-bond acceptors (Lipinski definition) is 53. The highest BCUT2D eigenvalue weighted by molar-refractivity contribution is 9.81. The first-order valence-electron chi connectivity index (χ1n) is 15.1. The highest BCUT2D eigenvalue weighted by Gasteiger charge is 2.49. The molecule has 0 bridgehead atoms. The summed E-state index contributed by atoms with van der Waals surface area (Å²) in [5.74, 6) is 0. The number of carbonyl (C=O) groups is 1. The Kier molecular flexibility index (Phi) is 40.4. The van der Waals surface area contributed by atoms with Gasteiger partial charge in [0.25, 0.3) is 0 Å². The van der Waals surface area contributed by atoms with Crippen LogP contribution in [0.1, 0.15) is 20.8 Å². The Bertz CT molecular complexity index is 6180. The van der Waals surface area contributed by atoms with E-state index < -0.39 is 151 Å². The molecular formula is C5H9FO2S77. The first-order valence-corrected chi connectivity index (χ1v) is 117. The summed E-state index contributed by atoms with van der Waals surface area (Å²) in [5.41, 5.74) is -1.04. The van der Waals surface area contributed by atoms with Crippen molar-refractivity contribution in [2.45, 2.75) is 26.4 Å². The molecule has 1 atom stereocenters. The van der Waals surface area contributed by atoms with Crippen LogP contribution in [0.3, 0.4) is 0 Å². The minimum Gasteiger partial charge on any atom is -0.451 e. The molecule has 0 spiro atoms. The van der Waals surface area contributed by atoms with Gasteiger partial charge in [0.15, 0.2) is 0 Å². The molecule has 80 heteroatoms. The second-order valence-electron chi connectivity index (χ2n) is 12.9. The molecule has 0 aromatic rings. The molecular weight excluding hydrogens is 2580 g/mol. The number of halogens is 1. The highest BCUT2D eigenvalue weighted by Crippen LogP contribution is 2.45. The molecule has 0 aliphatic carbocycles. The van der Waals surface area contributed by atoms with Gasteiger partial charge in [0.05, 0.1) is 13.7 Å². The summed E-state index contributed by atoms with van der Waals surface area (Å²) < 4.78 is 20.9. The Morgan fingerprint density at radius 2 is 0.353 bits per heavy atom. The van der Waals surface area contributed by atoms with E-state index in [9.17, 15) is 4.79 Å². The maximum absolute atomic E-state index is 15.5. The number of hydrogen-bond donors (Lipinski definition) is 0. The van der Waals surface area contributed by atoms with Crippen LogP contribution in [0.4, 0.5) is 8.68 Å². The predicted molar refractivity (Wildman–Crippen MR) is 594 cm³/mol. The molecule has 0 heterocycles. The van der Waals surface area contributed by atoms with Crippen LogP contribution in [0.5, 0.6) is 0 Å². The molecule has 0 aromatic carbocycles. The van der Waals surface area contributed by atoms with Crippen LogP contribution in [-0.2, 0) is 715 Å². The zero-order valence-corrected chi connectivity index (χ0v) is 99.5. The van der Waals surface area contributed by atoms with E-state index in [0.29, 0.717) is 0 Å². The fourth-order valence-corrected chi connectivity index (χ4v) is 579. The molecule has 0 radical (unpaired) electrons. The summed E-state index contributed by atoms with van der Waals surface area (Å²) in [7, 11) is -2.07. The van der Waals surface area contributed by atoms with Gasteiger partial charge in [-0.1, -0.05) is 0 Å². The molecule has 0 fully saturated rings. The molecule has 0 N–H and O–H groups in total. The Labute approximate surface area is 734 Å². The van der Waals surface area contributed by atoms with Crippen molar-refractivity contribution in [2.24, 2.45) is 0 Å². The van der Waals surface area contributed by atoms with Crippen LogP contribution in [0.25, 0.3) is 0 Å². The lowest BCUT2D eigenvalue weighted by atomic mass is 10.2. The minimum atomic E-state index is -4.21. The summed E-state index contributed by atoms with van der Waals surface area (Å²) in [5, 5.41) is -96.9. The summed E-state index contributed by atoms with van der Waals surface area (Å²) in [4.78, 5) is 13.3. The van der Waals surface area contributed by atoms with E-state index in [0.717, 1.165) is 0 Å². The van der Waals surface area contributed by atoms with E-state index in [-0.39, 0.29) is 0 Å². The van der Waals surface area contributed by atoms with Gasteiger partial charge < -0.3 is 4.74 Å². The standard InChI is InChI=1S/C5H9FO2S77/c1-5(2,3)8-4(7)60(9)62(12,13)64(16,17)66(20,21)68(24,25)70(28,29)72(32,33)74(36,37)76(40,41)78(44,45)80(48,49)82(52,53)84(56,57)85(58,59)83(54,55)81(50,51)79(46,47)77(42,43)75(38,39)73(34,35)71(30,31)69(26,27)67(22,23)65(18,19)63(14,15)61(6,10)11/h1-3H3. The topological polar surface area (TPSA) is 26.3 Å². The molecule has 0 aliphatic heterocycles. The maximum atomic E-state index is 15.5. The van der Waals surface area contributed by atoms with Gasteiger partial charge in [-0.05, 0) is 591 Å². The van der Waals surface area contributed by atoms with Crippen molar-refractivity contribution in [1.29, 1.82) is 0 Å². The van der Waals surface area contributed by atoms with Crippen LogP contribution >= 0.6 is 0 Å². The largest absolute Gasteiger partial charge is 0.451 e. The molecule has 0 rings (SSSR count). The van der Waals surface area contributed by atoms with E-state index in [4.69, 9.17) is 575 Å². The third-order valence-electron chi connectivity index (χ3n) is 6.70. The van der Waals surface area contributed by atoms with Gasteiger partial charge in [-0.25, -0.2) is 4.79 Å². The Morgan fingerprint density at radius 3 is 0.459 bits per heavy atom. The van der Waals surface area contributed by atoms with Crippen molar-refractivity contribution >= 4 is 716 Å². The molecule has 0 saturated carbocycles. The number of rotatable bonds is 25. The van der Waals surface area contributed by atoms with E-state index in [1.54, 1.807) is 20.8 Å². The van der Waals surface area contributed by atoms with Crippen molar-refractivity contribution < 1.29 is 13.4 Å². The van der Waals surface area contributed by atoms with Crippen molar-refractivity contribution in [3.8, 4) is 0 Å². The molecule has 1 unspecified atom stereocenters. The predicted octanol–water partition coefficient (Wildman–Crippen LogP) is 1.71. The van der Waals surface area contributed by atoms with Gasteiger partial charge >= 0.3 is 5.30 Å². The third kappa shape index (κ3) is 17.1. The van der Waals surface area contributed by atoms with Crippen molar-refractivity contribution in [1.82, 2.24) is 0 Å². The van der Waals surface area contributed by atoms with Gasteiger partial charge in [0.2, 0.25) is 0 Å². The normalized spacial score (nSPS) is 17.0. The Hall–Kier alpha value is 19.7. The zero-order valence-electron chi connectivity index (χ0n) is 36.6. The number of carbonyl (C=O) groups excluding carboxylic acids is 1. The lowest BCUT2D eigenvalue weighted by Gasteiger charge is -2.37. The van der Waals surface area contributed by atoms with Gasteiger partial charge in [0.1, 0.15) is 12.2 Å².